The third kappa shape index (κ3) is 5.70. The highest BCUT2D eigenvalue weighted by atomic mass is 35.5. The molecule has 10 nitrogen and oxygen atoms in total. The Hall–Kier alpha value is -2.59. The number of halogens is 1. The molecule has 1 aromatic carbocycles. The van der Waals surface area contributed by atoms with Crippen LogP contribution in [0.1, 0.15) is 11.1 Å². The standard InChI is InChI=1S/C15H14ClN5O5S2/c1-9-11(8-17)15(18-5-6-26-28(2,24)25)27-14(9)20-19-13-4-3-10(21(22)23)7-12(13)16/h3-4,7,18H,5-6H2,1-2H3. The van der Waals surface area contributed by atoms with Crippen molar-refractivity contribution < 1.29 is 17.5 Å². The van der Waals surface area contributed by atoms with E-state index in [1.807, 2.05) is 0 Å². The van der Waals surface area contributed by atoms with E-state index in [2.05, 4.69) is 25.8 Å². The molecule has 0 saturated carbocycles. The summed E-state index contributed by atoms with van der Waals surface area (Å²) in [5.41, 5.74) is 1.02. The van der Waals surface area contributed by atoms with E-state index >= 15 is 0 Å². The van der Waals surface area contributed by atoms with Crippen molar-refractivity contribution in [2.24, 2.45) is 10.2 Å². The van der Waals surface area contributed by atoms with Crippen molar-refractivity contribution in [3.63, 3.8) is 0 Å². The lowest BCUT2D eigenvalue weighted by Gasteiger charge is -2.04. The predicted octanol–water partition coefficient (Wildman–Crippen LogP) is 4.29. The second-order valence-corrected chi connectivity index (χ2v) is 8.44. The van der Waals surface area contributed by atoms with Crippen LogP contribution in [0.2, 0.25) is 5.02 Å². The van der Waals surface area contributed by atoms with Gasteiger partial charge in [-0.2, -0.15) is 13.7 Å². The Morgan fingerprint density at radius 3 is 2.71 bits per heavy atom. The van der Waals surface area contributed by atoms with E-state index in [4.69, 9.17) is 11.6 Å². The second kappa shape index (κ2) is 9.07. The molecule has 1 heterocycles. The maximum atomic E-state index is 11.0. The van der Waals surface area contributed by atoms with Gasteiger partial charge in [-0.15, -0.1) is 10.2 Å². The summed E-state index contributed by atoms with van der Waals surface area (Å²) >= 11 is 7.13. The average molecular weight is 444 g/mol. The van der Waals surface area contributed by atoms with Crippen LogP contribution in [-0.4, -0.2) is 32.7 Å². The van der Waals surface area contributed by atoms with Crippen molar-refractivity contribution in [1.29, 1.82) is 5.26 Å². The molecule has 148 valence electrons. The van der Waals surface area contributed by atoms with Crippen molar-refractivity contribution in [3.8, 4) is 6.07 Å². The molecule has 0 radical (unpaired) electrons. The maximum Gasteiger partial charge on any atom is 0.271 e. The van der Waals surface area contributed by atoms with Crippen molar-refractivity contribution in [2.75, 3.05) is 24.7 Å². The van der Waals surface area contributed by atoms with E-state index in [0.29, 0.717) is 21.1 Å². The van der Waals surface area contributed by atoms with Gasteiger partial charge in [-0.25, -0.2) is 0 Å². The highest BCUT2D eigenvalue weighted by molar-refractivity contribution is 7.85. The number of hydrogen-bond donors (Lipinski definition) is 1. The van der Waals surface area contributed by atoms with Crippen LogP contribution >= 0.6 is 22.9 Å². The number of hydrogen-bond acceptors (Lipinski definition) is 10. The largest absolute Gasteiger partial charge is 0.373 e. The second-order valence-electron chi connectivity index (χ2n) is 5.39. The van der Waals surface area contributed by atoms with E-state index in [-0.39, 0.29) is 29.5 Å². The number of thiophene rings is 1. The first-order valence-electron chi connectivity index (χ1n) is 7.60. The molecule has 0 aliphatic heterocycles. The molecule has 1 aromatic heterocycles. The molecule has 0 atom stereocenters. The summed E-state index contributed by atoms with van der Waals surface area (Å²) in [5, 5.41) is 32.1. The van der Waals surface area contributed by atoms with Crippen LogP contribution < -0.4 is 5.32 Å². The van der Waals surface area contributed by atoms with Gasteiger partial charge < -0.3 is 5.32 Å². The smallest absolute Gasteiger partial charge is 0.271 e. The minimum absolute atomic E-state index is 0.0731. The molecular formula is C15H14ClN5O5S2. The Labute approximate surface area is 169 Å². The molecule has 0 amide bonds. The molecule has 28 heavy (non-hydrogen) atoms. The third-order valence-corrected chi connectivity index (χ3v) is 5.34. The lowest BCUT2D eigenvalue weighted by molar-refractivity contribution is -0.384. The number of anilines is 1. The number of nitrogens with zero attached hydrogens (tertiary/aromatic N) is 4. The molecule has 0 unspecified atom stereocenters. The molecular weight excluding hydrogens is 430 g/mol. The lowest BCUT2D eigenvalue weighted by atomic mass is 10.2. The highest BCUT2D eigenvalue weighted by Crippen LogP contribution is 2.40. The molecule has 2 rings (SSSR count). The quantitative estimate of drug-likeness (QED) is 0.210. The molecule has 0 saturated heterocycles. The molecule has 0 aliphatic rings. The first-order valence-corrected chi connectivity index (χ1v) is 10.6. The van der Waals surface area contributed by atoms with Gasteiger partial charge in [-0.1, -0.05) is 22.9 Å². The van der Waals surface area contributed by atoms with Gasteiger partial charge in [0.15, 0.2) is 0 Å². The van der Waals surface area contributed by atoms with E-state index in [1.54, 1.807) is 6.92 Å². The van der Waals surface area contributed by atoms with Crippen molar-refractivity contribution >= 4 is 54.4 Å². The Kier molecular flexibility index (Phi) is 7.03. The lowest BCUT2D eigenvalue weighted by Crippen LogP contribution is -2.12. The van der Waals surface area contributed by atoms with Crippen LogP contribution in [0, 0.1) is 28.4 Å². The van der Waals surface area contributed by atoms with Gasteiger partial charge in [-0.3, -0.25) is 14.3 Å². The Morgan fingerprint density at radius 1 is 1.43 bits per heavy atom. The number of benzene rings is 1. The van der Waals surface area contributed by atoms with Crippen LogP contribution in [0.4, 0.5) is 21.4 Å². The average Bonchev–Trinajstić information content (AvgIpc) is 2.91. The molecule has 1 N–H and O–H groups in total. The zero-order valence-electron chi connectivity index (χ0n) is 14.7. The zero-order chi connectivity index (χ0) is 20.9. The highest BCUT2D eigenvalue weighted by Gasteiger charge is 2.15. The first-order chi connectivity index (χ1) is 13.1. The summed E-state index contributed by atoms with van der Waals surface area (Å²) < 4.78 is 26.5. The Balaban J connectivity index is 2.18. The zero-order valence-corrected chi connectivity index (χ0v) is 17.1. The number of nitro benzene ring substituents is 1. The number of non-ortho nitro benzene ring substituents is 1. The van der Waals surface area contributed by atoms with Crippen LogP contribution in [0.25, 0.3) is 0 Å². The maximum absolute atomic E-state index is 11.0. The van der Waals surface area contributed by atoms with Gasteiger partial charge >= 0.3 is 0 Å². The Morgan fingerprint density at radius 2 is 2.14 bits per heavy atom. The van der Waals surface area contributed by atoms with Crippen LogP contribution in [-0.2, 0) is 14.3 Å². The van der Waals surface area contributed by atoms with Gasteiger partial charge in [0.25, 0.3) is 15.8 Å². The normalized spacial score (nSPS) is 11.5. The van der Waals surface area contributed by atoms with Gasteiger partial charge in [0.2, 0.25) is 0 Å². The fraction of sp³-hybridized carbons (Fsp3) is 0.267. The van der Waals surface area contributed by atoms with Gasteiger partial charge in [0.1, 0.15) is 21.8 Å². The number of nitriles is 1. The minimum Gasteiger partial charge on any atom is -0.373 e. The van der Waals surface area contributed by atoms with Gasteiger partial charge in [0.05, 0.1) is 28.4 Å². The predicted molar refractivity (Wildman–Crippen MR) is 105 cm³/mol. The SMILES string of the molecule is Cc1c(N=Nc2ccc([N+](=O)[O-])cc2Cl)sc(NCCOS(C)(=O)=O)c1C#N. The monoisotopic (exact) mass is 443 g/mol. The topological polar surface area (TPSA) is 147 Å². The number of rotatable bonds is 8. The van der Waals surface area contributed by atoms with Gasteiger partial charge in [-0.05, 0) is 13.0 Å². The van der Waals surface area contributed by atoms with E-state index in [0.717, 1.165) is 17.6 Å². The van der Waals surface area contributed by atoms with Crippen LogP contribution in [0.15, 0.2) is 28.4 Å². The molecule has 0 fully saturated rings. The summed E-state index contributed by atoms with van der Waals surface area (Å²) in [5.74, 6) is 0. The van der Waals surface area contributed by atoms with Gasteiger partial charge in [0, 0.05) is 24.2 Å². The minimum atomic E-state index is -3.54. The molecule has 0 aliphatic carbocycles. The van der Waals surface area contributed by atoms with Crippen LogP contribution in [0.5, 0.6) is 0 Å². The van der Waals surface area contributed by atoms with E-state index in [1.165, 1.54) is 18.2 Å². The number of azo groups is 1. The van der Waals surface area contributed by atoms with Crippen molar-refractivity contribution in [3.05, 3.63) is 44.5 Å². The van der Waals surface area contributed by atoms with E-state index < -0.39 is 15.0 Å². The van der Waals surface area contributed by atoms with Crippen molar-refractivity contribution in [1.82, 2.24) is 0 Å². The Bertz CT molecular complexity index is 1080. The summed E-state index contributed by atoms with van der Waals surface area (Å²) in [7, 11) is -3.54. The molecule has 0 spiro atoms. The summed E-state index contributed by atoms with van der Waals surface area (Å²) in [4.78, 5) is 10.2. The molecule has 2 aromatic rings. The third-order valence-electron chi connectivity index (χ3n) is 3.31. The van der Waals surface area contributed by atoms with Crippen molar-refractivity contribution in [2.45, 2.75) is 6.92 Å². The fourth-order valence-corrected chi connectivity index (χ4v) is 3.61. The van der Waals surface area contributed by atoms with E-state index in [9.17, 15) is 23.8 Å². The number of nitrogens with one attached hydrogen (secondary N) is 1. The summed E-state index contributed by atoms with van der Waals surface area (Å²) in [6.07, 6.45) is 0.949. The molecule has 13 heteroatoms. The number of nitro groups is 1. The summed E-state index contributed by atoms with van der Waals surface area (Å²) in [6.45, 7) is 1.78. The van der Waals surface area contributed by atoms with Crippen LogP contribution in [0.3, 0.4) is 0 Å². The fourth-order valence-electron chi connectivity index (χ4n) is 2.00. The summed E-state index contributed by atoms with van der Waals surface area (Å²) in [6, 6.07) is 5.87. The first kappa shape index (κ1) is 21.7. The molecule has 0 bridgehead atoms.